The highest BCUT2D eigenvalue weighted by molar-refractivity contribution is 6.31. The van der Waals surface area contributed by atoms with Gasteiger partial charge in [0, 0.05) is 22.5 Å². The molecule has 29 heavy (non-hydrogen) atoms. The number of amides is 1. The minimum atomic E-state index is -4.53. The molecule has 0 fully saturated rings. The van der Waals surface area contributed by atoms with E-state index in [1.54, 1.807) is 30.3 Å². The Labute approximate surface area is 168 Å². The van der Waals surface area contributed by atoms with E-state index < -0.39 is 28.3 Å². The number of hydrogen-bond acceptors (Lipinski definition) is 3. The highest BCUT2D eigenvalue weighted by Gasteiger charge is 2.31. The van der Waals surface area contributed by atoms with Gasteiger partial charge in [-0.1, -0.05) is 29.8 Å². The third kappa shape index (κ3) is 4.38. The highest BCUT2D eigenvalue weighted by atomic mass is 35.5. The minimum Gasteiger partial charge on any atom is -0.277 e. The highest BCUT2D eigenvalue weighted by Crippen LogP contribution is 2.34. The first-order valence-electron chi connectivity index (χ1n) is 8.19. The standard InChI is InChI=1S/C20H12ClF3N2O3/c21-14-8-11-17(18(12-14)26(28)29)19(27)25(15-4-2-1-3-5-15)16-9-6-13(7-10-16)20(22,23)24/h1-12H. The predicted octanol–water partition coefficient (Wildman–Crippen LogP) is 6.25. The second kappa shape index (κ2) is 7.92. The quantitative estimate of drug-likeness (QED) is 0.370. The van der Waals surface area contributed by atoms with Crippen LogP contribution in [0.5, 0.6) is 0 Å². The Balaban J connectivity index is 2.13. The van der Waals surface area contributed by atoms with Crippen molar-refractivity contribution in [3.63, 3.8) is 0 Å². The van der Waals surface area contributed by atoms with Crippen LogP contribution in [0.15, 0.2) is 72.8 Å². The van der Waals surface area contributed by atoms with E-state index in [0.29, 0.717) is 5.69 Å². The Morgan fingerprint density at radius 1 is 0.931 bits per heavy atom. The average Bonchev–Trinajstić information content (AvgIpc) is 2.68. The lowest BCUT2D eigenvalue weighted by atomic mass is 10.1. The minimum absolute atomic E-state index is 0.0778. The van der Waals surface area contributed by atoms with Gasteiger partial charge in [-0.15, -0.1) is 0 Å². The molecule has 0 bridgehead atoms. The van der Waals surface area contributed by atoms with Gasteiger partial charge >= 0.3 is 6.18 Å². The van der Waals surface area contributed by atoms with Crippen molar-refractivity contribution in [2.24, 2.45) is 0 Å². The Kier molecular flexibility index (Phi) is 5.56. The number of rotatable bonds is 4. The van der Waals surface area contributed by atoms with Gasteiger partial charge < -0.3 is 0 Å². The van der Waals surface area contributed by atoms with Crippen molar-refractivity contribution >= 4 is 34.6 Å². The molecule has 0 saturated heterocycles. The Bertz CT molecular complexity index is 1050. The maximum Gasteiger partial charge on any atom is 0.416 e. The number of alkyl halides is 3. The van der Waals surface area contributed by atoms with Crippen molar-refractivity contribution in [1.82, 2.24) is 0 Å². The molecular formula is C20H12ClF3N2O3. The van der Waals surface area contributed by atoms with Crippen molar-refractivity contribution in [2.45, 2.75) is 6.18 Å². The van der Waals surface area contributed by atoms with E-state index in [0.717, 1.165) is 35.2 Å². The molecule has 0 aliphatic rings. The first-order chi connectivity index (χ1) is 13.7. The van der Waals surface area contributed by atoms with Gasteiger partial charge in [0.1, 0.15) is 5.56 Å². The van der Waals surface area contributed by atoms with Crippen LogP contribution in [0.4, 0.5) is 30.2 Å². The molecule has 5 nitrogen and oxygen atoms in total. The van der Waals surface area contributed by atoms with E-state index >= 15 is 0 Å². The summed E-state index contributed by atoms with van der Waals surface area (Å²) in [7, 11) is 0. The van der Waals surface area contributed by atoms with E-state index in [2.05, 4.69) is 0 Å². The molecule has 0 N–H and O–H groups in total. The van der Waals surface area contributed by atoms with Crippen molar-refractivity contribution in [2.75, 3.05) is 4.90 Å². The zero-order valence-corrected chi connectivity index (χ0v) is 15.3. The van der Waals surface area contributed by atoms with Crippen LogP contribution in [-0.2, 0) is 6.18 Å². The maximum absolute atomic E-state index is 13.2. The SMILES string of the molecule is O=C(c1ccc(Cl)cc1[N+](=O)[O-])N(c1ccccc1)c1ccc(C(F)(F)F)cc1. The fourth-order valence-corrected chi connectivity index (χ4v) is 2.88. The number of anilines is 2. The molecule has 9 heteroatoms. The number of para-hydroxylation sites is 1. The summed E-state index contributed by atoms with van der Waals surface area (Å²) in [6, 6.07) is 15.6. The Morgan fingerprint density at radius 3 is 2.07 bits per heavy atom. The van der Waals surface area contributed by atoms with Gasteiger partial charge in [0.25, 0.3) is 11.6 Å². The van der Waals surface area contributed by atoms with Gasteiger partial charge in [0.05, 0.1) is 10.5 Å². The third-order valence-electron chi connectivity index (χ3n) is 4.06. The second-order valence-electron chi connectivity index (χ2n) is 5.94. The Morgan fingerprint density at radius 2 is 1.52 bits per heavy atom. The summed E-state index contributed by atoms with van der Waals surface area (Å²) in [5, 5.41) is 11.5. The van der Waals surface area contributed by atoms with Gasteiger partial charge in [0.15, 0.2) is 0 Å². The van der Waals surface area contributed by atoms with Crippen LogP contribution in [0.3, 0.4) is 0 Å². The van der Waals surface area contributed by atoms with Gasteiger partial charge in [0.2, 0.25) is 0 Å². The summed E-state index contributed by atoms with van der Waals surface area (Å²) in [6.45, 7) is 0. The fraction of sp³-hybridized carbons (Fsp3) is 0.0500. The van der Waals surface area contributed by atoms with E-state index in [-0.39, 0.29) is 16.3 Å². The first kappa shape index (κ1) is 20.3. The molecule has 3 rings (SSSR count). The summed E-state index contributed by atoms with van der Waals surface area (Å²) in [4.78, 5) is 25.0. The first-order valence-corrected chi connectivity index (χ1v) is 8.57. The molecule has 0 atom stereocenters. The molecule has 0 heterocycles. The predicted molar refractivity (Wildman–Crippen MR) is 102 cm³/mol. The molecule has 3 aromatic rings. The number of benzene rings is 3. The summed E-state index contributed by atoms with van der Waals surface area (Å²) in [5.41, 5.74) is -1.17. The van der Waals surface area contributed by atoms with E-state index in [1.165, 1.54) is 12.1 Å². The molecule has 0 aliphatic heterocycles. The molecule has 1 amide bonds. The van der Waals surface area contributed by atoms with Crippen LogP contribution in [0.1, 0.15) is 15.9 Å². The lowest BCUT2D eigenvalue weighted by Gasteiger charge is -2.23. The normalized spacial score (nSPS) is 11.2. The number of carbonyl (C=O) groups excluding carboxylic acids is 1. The van der Waals surface area contributed by atoms with E-state index in [9.17, 15) is 28.1 Å². The van der Waals surface area contributed by atoms with Crippen LogP contribution >= 0.6 is 11.6 Å². The van der Waals surface area contributed by atoms with Gasteiger partial charge in [-0.25, -0.2) is 0 Å². The number of nitro groups is 1. The molecular weight excluding hydrogens is 409 g/mol. The molecule has 0 aromatic heterocycles. The summed E-state index contributed by atoms with van der Waals surface area (Å²) in [6.07, 6.45) is -4.53. The average molecular weight is 421 g/mol. The van der Waals surface area contributed by atoms with Crippen LogP contribution in [0.25, 0.3) is 0 Å². The lowest BCUT2D eigenvalue weighted by molar-refractivity contribution is -0.385. The zero-order valence-electron chi connectivity index (χ0n) is 14.6. The second-order valence-corrected chi connectivity index (χ2v) is 6.38. The lowest BCUT2D eigenvalue weighted by Crippen LogP contribution is -2.26. The number of halogens is 4. The number of carbonyl (C=O) groups is 1. The van der Waals surface area contributed by atoms with Gasteiger partial charge in [-0.05, 0) is 48.5 Å². The fourth-order valence-electron chi connectivity index (χ4n) is 2.72. The summed E-state index contributed by atoms with van der Waals surface area (Å²) in [5.74, 6) is -0.778. The van der Waals surface area contributed by atoms with E-state index in [4.69, 9.17) is 11.6 Å². The molecule has 0 saturated carbocycles. The summed E-state index contributed by atoms with van der Waals surface area (Å²) < 4.78 is 38.6. The molecule has 0 unspecified atom stereocenters. The zero-order chi connectivity index (χ0) is 21.2. The molecule has 0 radical (unpaired) electrons. The Hall–Kier alpha value is -3.39. The largest absolute Gasteiger partial charge is 0.416 e. The topological polar surface area (TPSA) is 63.4 Å². The molecule has 0 spiro atoms. The van der Waals surface area contributed by atoms with Crippen LogP contribution < -0.4 is 4.90 Å². The van der Waals surface area contributed by atoms with Crippen LogP contribution in [0, 0.1) is 10.1 Å². The van der Waals surface area contributed by atoms with Crippen molar-refractivity contribution in [3.8, 4) is 0 Å². The number of nitrogens with zero attached hydrogens (tertiary/aromatic N) is 2. The maximum atomic E-state index is 13.2. The van der Waals surface area contributed by atoms with Crippen molar-refractivity contribution in [1.29, 1.82) is 0 Å². The van der Waals surface area contributed by atoms with E-state index in [1.807, 2.05) is 0 Å². The van der Waals surface area contributed by atoms with Crippen LogP contribution in [-0.4, -0.2) is 10.8 Å². The number of nitro benzene ring substituents is 1. The van der Waals surface area contributed by atoms with Crippen LogP contribution in [0.2, 0.25) is 5.02 Å². The molecule has 3 aromatic carbocycles. The van der Waals surface area contributed by atoms with Gasteiger partial charge in [-0.3, -0.25) is 19.8 Å². The van der Waals surface area contributed by atoms with Crippen molar-refractivity contribution < 1.29 is 22.9 Å². The molecule has 148 valence electrons. The monoisotopic (exact) mass is 420 g/mol. The smallest absolute Gasteiger partial charge is 0.277 e. The number of hydrogen-bond donors (Lipinski definition) is 0. The summed E-state index contributed by atoms with van der Waals surface area (Å²) >= 11 is 5.80. The van der Waals surface area contributed by atoms with Crippen molar-refractivity contribution in [3.05, 3.63) is 99.1 Å². The van der Waals surface area contributed by atoms with Gasteiger partial charge in [-0.2, -0.15) is 13.2 Å². The molecule has 0 aliphatic carbocycles. The third-order valence-corrected chi connectivity index (χ3v) is 4.29.